The maximum absolute atomic E-state index is 12.9. The van der Waals surface area contributed by atoms with Crippen LogP contribution in [-0.4, -0.2) is 24.1 Å². The summed E-state index contributed by atoms with van der Waals surface area (Å²) in [6.07, 6.45) is 0. The highest BCUT2D eigenvalue weighted by Crippen LogP contribution is 2.21. The molecule has 1 N–H and O–H groups in total. The van der Waals surface area contributed by atoms with Crippen molar-refractivity contribution in [3.8, 4) is 0 Å². The predicted molar refractivity (Wildman–Crippen MR) is 116 cm³/mol. The minimum Gasteiger partial charge on any atom is -0.266 e. The molecule has 0 saturated carbocycles. The van der Waals surface area contributed by atoms with Crippen molar-refractivity contribution in [3.63, 3.8) is 0 Å². The van der Waals surface area contributed by atoms with Gasteiger partial charge in [-0.05, 0) is 48.4 Å². The first-order valence-electron chi connectivity index (χ1n) is 9.17. The Morgan fingerprint density at radius 2 is 1.77 bits per heavy atom. The lowest BCUT2D eigenvalue weighted by atomic mass is 10.2. The number of aromatic nitrogens is 2. The number of hydrogen-bond acceptors (Lipinski definition) is 4. The first-order valence-corrected chi connectivity index (χ1v) is 11.0. The molecule has 1 aromatic heterocycles. The number of sulfonamides is 1. The van der Waals surface area contributed by atoms with Gasteiger partial charge in [0.05, 0.1) is 17.0 Å². The summed E-state index contributed by atoms with van der Waals surface area (Å²) in [5.41, 5.74) is 2.51. The van der Waals surface area contributed by atoms with Crippen molar-refractivity contribution in [2.24, 2.45) is 0 Å². The number of amides is 1. The van der Waals surface area contributed by atoms with Crippen LogP contribution in [0.2, 0.25) is 5.02 Å². The molecule has 0 aliphatic rings. The zero-order chi connectivity index (χ0) is 21.3. The number of aryl methyl sites for hydroxylation is 1. The van der Waals surface area contributed by atoms with E-state index in [4.69, 9.17) is 11.6 Å². The minimum absolute atomic E-state index is 0.0285. The Balaban J connectivity index is 1.68. The van der Waals surface area contributed by atoms with Crippen molar-refractivity contribution in [2.45, 2.75) is 18.4 Å². The van der Waals surface area contributed by atoms with E-state index < -0.39 is 15.9 Å². The maximum atomic E-state index is 12.9. The van der Waals surface area contributed by atoms with Crippen LogP contribution in [-0.2, 0) is 16.6 Å². The monoisotopic (exact) mass is 439 g/mol. The molecule has 0 aliphatic carbocycles. The third kappa shape index (κ3) is 4.08. The third-order valence-electron chi connectivity index (χ3n) is 4.65. The molecule has 6 nitrogen and oxygen atoms in total. The highest BCUT2D eigenvalue weighted by atomic mass is 35.5. The molecule has 1 heterocycles. The number of rotatable bonds is 5. The number of hydrogen-bond donors (Lipinski definition) is 1. The molecule has 0 atom stereocenters. The molecule has 1 amide bonds. The molecule has 4 aromatic rings. The number of nitrogens with zero attached hydrogens (tertiary/aromatic N) is 2. The summed E-state index contributed by atoms with van der Waals surface area (Å²) in [4.78, 5) is 12.9. The summed E-state index contributed by atoms with van der Waals surface area (Å²) < 4.78 is 29.1. The van der Waals surface area contributed by atoms with Crippen LogP contribution in [0, 0.1) is 6.92 Å². The summed E-state index contributed by atoms with van der Waals surface area (Å²) in [6.45, 7) is 2.20. The second-order valence-electron chi connectivity index (χ2n) is 6.90. The van der Waals surface area contributed by atoms with Crippen LogP contribution in [0.1, 0.15) is 21.6 Å². The van der Waals surface area contributed by atoms with E-state index in [1.807, 2.05) is 24.3 Å². The van der Waals surface area contributed by atoms with Crippen molar-refractivity contribution >= 4 is 38.4 Å². The molecule has 0 saturated heterocycles. The van der Waals surface area contributed by atoms with Gasteiger partial charge < -0.3 is 0 Å². The molecule has 0 radical (unpaired) electrons. The predicted octanol–water partition coefficient (Wildman–Crippen LogP) is 4.17. The number of carbonyl (C=O) groups excluding carboxylic acids is 1. The molecular formula is C22H18ClN3O3S. The Morgan fingerprint density at radius 1 is 1.03 bits per heavy atom. The van der Waals surface area contributed by atoms with E-state index in [1.165, 1.54) is 12.1 Å². The molecule has 4 rings (SSSR count). The van der Waals surface area contributed by atoms with E-state index in [0.717, 1.165) is 16.6 Å². The summed E-state index contributed by atoms with van der Waals surface area (Å²) in [7, 11) is -4.02. The standard InChI is InChI=1S/C22H18ClN3O3S/c1-15-5-4-6-18(13-15)30(28,29)25-22(27)21-19-7-2-3-8-20(19)26(24-21)14-16-9-11-17(23)12-10-16/h2-13H,14H2,1H3,(H,25,27). The average molecular weight is 440 g/mol. The summed E-state index contributed by atoms with van der Waals surface area (Å²) in [5.74, 6) is -0.775. The molecular weight excluding hydrogens is 422 g/mol. The van der Waals surface area contributed by atoms with Crippen LogP contribution < -0.4 is 4.72 Å². The van der Waals surface area contributed by atoms with Crippen molar-refractivity contribution in [1.82, 2.24) is 14.5 Å². The molecule has 0 bridgehead atoms. The van der Waals surface area contributed by atoms with E-state index >= 15 is 0 Å². The van der Waals surface area contributed by atoms with Crippen LogP contribution in [0.15, 0.2) is 77.7 Å². The van der Waals surface area contributed by atoms with Crippen molar-refractivity contribution in [1.29, 1.82) is 0 Å². The third-order valence-corrected chi connectivity index (χ3v) is 6.23. The van der Waals surface area contributed by atoms with Crippen LogP contribution in [0.5, 0.6) is 0 Å². The number of nitrogens with one attached hydrogen (secondary N) is 1. The molecule has 0 aliphatic heterocycles. The topological polar surface area (TPSA) is 81.1 Å². The smallest absolute Gasteiger partial charge is 0.266 e. The van der Waals surface area contributed by atoms with Gasteiger partial charge in [-0.1, -0.05) is 54.1 Å². The van der Waals surface area contributed by atoms with Crippen LogP contribution in [0.4, 0.5) is 0 Å². The van der Waals surface area contributed by atoms with Crippen molar-refractivity contribution in [2.75, 3.05) is 0 Å². The van der Waals surface area contributed by atoms with Crippen molar-refractivity contribution < 1.29 is 13.2 Å². The van der Waals surface area contributed by atoms with E-state index in [2.05, 4.69) is 9.82 Å². The number of halogens is 1. The Hall–Kier alpha value is -3.16. The van der Waals surface area contributed by atoms with Crippen LogP contribution in [0.3, 0.4) is 0 Å². The summed E-state index contributed by atoms with van der Waals surface area (Å²) >= 11 is 5.94. The zero-order valence-electron chi connectivity index (χ0n) is 16.0. The highest BCUT2D eigenvalue weighted by Gasteiger charge is 2.23. The van der Waals surface area contributed by atoms with Gasteiger partial charge in [0.15, 0.2) is 5.69 Å². The van der Waals surface area contributed by atoms with Gasteiger partial charge in [0.25, 0.3) is 15.9 Å². The van der Waals surface area contributed by atoms with Crippen molar-refractivity contribution in [3.05, 3.63) is 94.6 Å². The van der Waals surface area contributed by atoms with E-state index in [0.29, 0.717) is 17.0 Å². The van der Waals surface area contributed by atoms with Gasteiger partial charge in [-0.15, -0.1) is 0 Å². The number of para-hydroxylation sites is 1. The van der Waals surface area contributed by atoms with Gasteiger partial charge >= 0.3 is 0 Å². The van der Waals surface area contributed by atoms with Gasteiger partial charge in [0.1, 0.15) is 0 Å². The van der Waals surface area contributed by atoms with Crippen LogP contribution >= 0.6 is 11.6 Å². The SMILES string of the molecule is Cc1cccc(S(=O)(=O)NC(=O)c2nn(Cc3ccc(Cl)cc3)c3ccccc23)c1. The van der Waals surface area contributed by atoms with Gasteiger partial charge in [0.2, 0.25) is 0 Å². The molecule has 3 aromatic carbocycles. The van der Waals surface area contributed by atoms with Gasteiger partial charge in [-0.3, -0.25) is 9.48 Å². The lowest BCUT2D eigenvalue weighted by Crippen LogP contribution is -2.31. The first kappa shape index (κ1) is 20.1. The van der Waals surface area contributed by atoms with E-state index in [1.54, 1.807) is 48.0 Å². The van der Waals surface area contributed by atoms with E-state index in [9.17, 15) is 13.2 Å². The molecule has 8 heteroatoms. The Labute approximate surface area is 179 Å². The second kappa shape index (κ2) is 7.93. The second-order valence-corrected chi connectivity index (χ2v) is 9.02. The highest BCUT2D eigenvalue weighted by molar-refractivity contribution is 7.90. The average Bonchev–Trinajstić information content (AvgIpc) is 3.08. The quantitative estimate of drug-likeness (QED) is 0.506. The van der Waals surface area contributed by atoms with E-state index in [-0.39, 0.29) is 10.6 Å². The largest absolute Gasteiger partial charge is 0.286 e. The molecule has 30 heavy (non-hydrogen) atoms. The van der Waals surface area contributed by atoms with Gasteiger partial charge in [0, 0.05) is 10.4 Å². The lowest BCUT2D eigenvalue weighted by Gasteiger charge is -2.06. The molecule has 0 spiro atoms. The number of carbonyl (C=O) groups is 1. The van der Waals surface area contributed by atoms with Crippen LogP contribution in [0.25, 0.3) is 10.9 Å². The Kier molecular flexibility index (Phi) is 5.32. The fourth-order valence-electron chi connectivity index (χ4n) is 3.19. The molecule has 0 unspecified atom stereocenters. The van der Waals surface area contributed by atoms with Gasteiger partial charge in [-0.2, -0.15) is 5.10 Å². The fraction of sp³-hybridized carbons (Fsp3) is 0.0909. The molecule has 0 fully saturated rings. The maximum Gasteiger partial charge on any atom is 0.286 e. The zero-order valence-corrected chi connectivity index (χ0v) is 17.6. The number of benzene rings is 3. The fourth-order valence-corrected chi connectivity index (χ4v) is 4.37. The minimum atomic E-state index is -4.02. The Morgan fingerprint density at radius 3 is 2.50 bits per heavy atom. The Bertz CT molecular complexity index is 1350. The summed E-state index contributed by atoms with van der Waals surface area (Å²) in [5, 5.41) is 5.61. The lowest BCUT2D eigenvalue weighted by molar-refractivity contribution is 0.0977. The summed E-state index contributed by atoms with van der Waals surface area (Å²) in [6, 6.07) is 20.9. The first-order chi connectivity index (χ1) is 14.3. The van der Waals surface area contributed by atoms with Gasteiger partial charge in [-0.25, -0.2) is 13.1 Å². The normalized spacial score (nSPS) is 11.5. The molecule has 152 valence electrons. The number of fused-ring (bicyclic) bond motifs is 1.